The second-order valence-corrected chi connectivity index (χ2v) is 9.28. The zero-order valence-corrected chi connectivity index (χ0v) is 18.0. The van der Waals surface area contributed by atoms with E-state index in [1.165, 1.54) is 12.1 Å². The van der Waals surface area contributed by atoms with Crippen molar-refractivity contribution in [2.24, 2.45) is 0 Å². The van der Waals surface area contributed by atoms with Gasteiger partial charge in [-0.2, -0.15) is 0 Å². The van der Waals surface area contributed by atoms with Gasteiger partial charge in [0, 0.05) is 51.5 Å². The normalized spacial score (nSPS) is 17.7. The van der Waals surface area contributed by atoms with Crippen molar-refractivity contribution in [3.05, 3.63) is 48.0 Å². The van der Waals surface area contributed by atoms with Crippen LogP contribution in [0.25, 0.3) is 0 Å². The van der Waals surface area contributed by atoms with Crippen molar-refractivity contribution in [1.29, 1.82) is 0 Å². The van der Waals surface area contributed by atoms with Crippen molar-refractivity contribution in [2.45, 2.75) is 10.9 Å². The maximum Gasteiger partial charge on any atom is 0.240 e. The molecule has 0 spiro atoms. The molecule has 1 N–H and O–H groups in total. The van der Waals surface area contributed by atoms with E-state index in [2.05, 4.69) is 33.9 Å². The van der Waals surface area contributed by atoms with Crippen molar-refractivity contribution in [2.75, 3.05) is 58.6 Å². The van der Waals surface area contributed by atoms with Gasteiger partial charge in [0.25, 0.3) is 0 Å². The summed E-state index contributed by atoms with van der Waals surface area (Å²) >= 11 is 0. The summed E-state index contributed by atoms with van der Waals surface area (Å²) in [4.78, 5) is 4.46. The van der Waals surface area contributed by atoms with Crippen molar-refractivity contribution in [1.82, 2.24) is 9.62 Å². The lowest BCUT2D eigenvalue weighted by molar-refractivity contribution is 0.0172. The molecule has 2 aliphatic heterocycles. The Balaban J connectivity index is 1.53. The Morgan fingerprint density at radius 3 is 2.43 bits per heavy atom. The van der Waals surface area contributed by atoms with Crippen LogP contribution in [0.5, 0.6) is 11.5 Å². The van der Waals surface area contributed by atoms with Gasteiger partial charge in [0.05, 0.1) is 18.1 Å². The van der Waals surface area contributed by atoms with Crippen LogP contribution in [0.3, 0.4) is 0 Å². The molecule has 0 radical (unpaired) electrons. The lowest BCUT2D eigenvalue weighted by atomic mass is 10.0. The zero-order valence-electron chi connectivity index (χ0n) is 17.2. The highest BCUT2D eigenvalue weighted by Crippen LogP contribution is 2.34. The second kappa shape index (κ2) is 8.81. The summed E-state index contributed by atoms with van der Waals surface area (Å²) in [5.74, 6) is 1.00. The number of anilines is 1. The molecule has 1 atom stereocenters. The fraction of sp³-hybridized carbons (Fsp3) is 0.429. The Bertz CT molecular complexity index is 973. The van der Waals surface area contributed by atoms with E-state index in [0.29, 0.717) is 24.7 Å². The Hall–Kier alpha value is -2.33. The topological polar surface area (TPSA) is 80.3 Å². The van der Waals surface area contributed by atoms with Gasteiger partial charge < -0.3 is 19.1 Å². The molecule has 4 rings (SSSR count). The molecule has 30 heavy (non-hydrogen) atoms. The summed E-state index contributed by atoms with van der Waals surface area (Å²) in [7, 11) is 0.291. The van der Waals surface area contributed by atoms with E-state index in [1.54, 1.807) is 6.07 Å². The fourth-order valence-electron chi connectivity index (χ4n) is 3.66. The van der Waals surface area contributed by atoms with Crippen LogP contribution in [0.1, 0.15) is 11.6 Å². The zero-order chi connectivity index (χ0) is 21.1. The second-order valence-electron chi connectivity index (χ2n) is 7.52. The minimum Gasteiger partial charge on any atom is -0.454 e. The quantitative estimate of drug-likeness (QED) is 0.714. The maximum absolute atomic E-state index is 12.9. The number of hydrogen-bond acceptors (Lipinski definition) is 7. The van der Waals surface area contributed by atoms with Crippen LogP contribution in [-0.4, -0.2) is 67.1 Å². The summed E-state index contributed by atoms with van der Waals surface area (Å²) in [6, 6.07) is 12.8. The SMILES string of the molecule is CN(C)c1ccc(C(CNS(=O)(=O)c2ccc3c(c2)OCO3)N2CCOCC2)cc1. The number of morpholine rings is 1. The molecule has 0 amide bonds. The van der Waals surface area contributed by atoms with Gasteiger partial charge >= 0.3 is 0 Å². The Morgan fingerprint density at radius 2 is 1.73 bits per heavy atom. The molecule has 2 heterocycles. The lowest BCUT2D eigenvalue weighted by Gasteiger charge is -2.35. The molecule has 2 aromatic rings. The van der Waals surface area contributed by atoms with Crippen LogP contribution >= 0.6 is 0 Å². The third kappa shape index (κ3) is 4.54. The third-order valence-electron chi connectivity index (χ3n) is 5.40. The number of nitrogens with one attached hydrogen (secondary N) is 1. The van der Waals surface area contributed by atoms with E-state index in [0.717, 1.165) is 24.3 Å². The van der Waals surface area contributed by atoms with E-state index < -0.39 is 10.0 Å². The van der Waals surface area contributed by atoms with E-state index in [4.69, 9.17) is 14.2 Å². The first-order valence-electron chi connectivity index (χ1n) is 9.92. The first kappa shape index (κ1) is 20.9. The minimum absolute atomic E-state index is 0.0890. The van der Waals surface area contributed by atoms with E-state index in [1.807, 2.05) is 19.0 Å². The highest BCUT2D eigenvalue weighted by atomic mass is 32.2. The first-order chi connectivity index (χ1) is 14.4. The molecule has 8 nitrogen and oxygen atoms in total. The van der Waals surface area contributed by atoms with Gasteiger partial charge in [0.1, 0.15) is 0 Å². The largest absolute Gasteiger partial charge is 0.454 e. The van der Waals surface area contributed by atoms with Crippen LogP contribution in [0.4, 0.5) is 5.69 Å². The molecule has 1 fully saturated rings. The monoisotopic (exact) mass is 433 g/mol. The minimum atomic E-state index is -3.70. The molecule has 2 aliphatic rings. The lowest BCUT2D eigenvalue weighted by Crippen LogP contribution is -2.43. The van der Waals surface area contributed by atoms with Gasteiger partial charge in [-0.25, -0.2) is 13.1 Å². The van der Waals surface area contributed by atoms with Crippen LogP contribution in [0.2, 0.25) is 0 Å². The molecule has 0 aliphatic carbocycles. The smallest absolute Gasteiger partial charge is 0.240 e. The molecular weight excluding hydrogens is 406 g/mol. The number of sulfonamides is 1. The molecule has 9 heteroatoms. The van der Waals surface area contributed by atoms with Gasteiger partial charge in [-0.1, -0.05) is 12.1 Å². The van der Waals surface area contributed by atoms with Crippen molar-refractivity contribution >= 4 is 15.7 Å². The van der Waals surface area contributed by atoms with E-state index in [9.17, 15) is 8.42 Å². The number of fused-ring (bicyclic) bond motifs is 1. The van der Waals surface area contributed by atoms with Crippen molar-refractivity contribution in [3.8, 4) is 11.5 Å². The molecule has 162 valence electrons. The average molecular weight is 434 g/mol. The molecule has 0 saturated carbocycles. The number of rotatable bonds is 7. The number of benzene rings is 2. The molecule has 0 aromatic heterocycles. The molecule has 0 bridgehead atoms. The molecule has 1 unspecified atom stereocenters. The van der Waals surface area contributed by atoms with Gasteiger partial charge in [0.15, 0.2) is 11.5 Å². The summed E-state index contributed by atoms with van der Waals surface area (Å²) in [6.07, 6.45) is 0. The van der Waals surface area contributed by atoms with Gasteiger partial charge in [-0.3, -0.25) is 4.90 Å². The average Bonchev–Trinajstić information content (AvgIpc) is 3.23. The van der Waals surface area contributed by atoms with E-state index in [-0.39, 0.29) is 24.3 Å². The van der Waals surface area contributed by atoms with Gasteiger partial charge in [0.2, 0.25) is 16.8 Å². The van der Waals surface area contributed by atoms with E-state index >= 15 is 0 Å². The first-order valence-corrected chi connectivity index (χ1v) is 11.4. The Morgan fingerprint density at radius 1 is 1.03 bits per heavy atom. The van der Waals surface area contributed by atoms with Gasteiger partial charge in [-0.05, 0) is 29.8 Å². The predicted octanol–water partition coefficient (Wildman–Crippen LogP) is 1.83. The van der Waals surface area contributed by atoms with Crippen molar-refractivity contribution in [3.63, 3.8) is 0 Å². The van der Waals surface area contributed by atoms with Crippen LogP contribution in [-0.2, 0) is 14.8 Å². The summed E-state index contributed by atoms with van der Waals surface area (Å²) < 4.78 is 44.7. The Labute approximate surface area is 177 Å². The van der Waals surface area contributed by atoms with Crippen LogP contribution in [0, 0.1) is 0 Å². The highest BCUT2D eigenvalue weighted by molar-refractivity contribution is 7.89. The highest BCUT2D eigenvalue weighted by Gasteiger charge is 2.26. The van der Waals surface area contributed by atoms with Crippen molar-refractivity contribution < 1.29 is 22.6 Å². The predicted molar refractivity (Wildman–Crippen MR) is 114 cm³/mol. The number of nitrogens with zero attached hydrogens (tertiary/aromatic N) is 2. The maximum atomic E-state index is 12.9. The number of hydrogen-bond donors (Lipinski definition) is 1. The van der Waals surface area contributed by atoms with Gasteiger partial charge in [-0.15, -0.1) is 0 Å². The fourth-order valence-corrected chi connectivity index (χ4v) is 4.71. The standard InChI is InChI=1S/C21H27N3O5S/c1-23(2)17-5-3-16(4-6-17)19(24-9-11-27-12-10-24)14-22-30(25,26)18-7-8-20-21(13-18)29-15-28-20/h3-8,13,19,22H,9-12,14-15H2,1-2H3. The molecular formula is C21H27N3O5S. The molecule has 1 saturated heterocycles. The third-order valence-corrected chi connectivity index (χ3v) is 6.82. The summed E-state index contributed by atoms with van der Waals surface area (Å²) in [6.45, 7) is 3.16. The molecule has 2 aromatic carbocycles. The van der Waals surface area contributed by atoms with Crippen LogP contribution in [0.15, 0.2) is 47.4 Å². The summed E-state index contributed by atoms with van der Waals surface area (Å²) in [5.41, 5.74) is 2.16. The number of ether oxygens (including phenoxy) is 3. The van der Waals surface area contributed by atoms with Crippen LogP contribution < -0.4 is 19.1 Å². The summed E-state index contributed by atoms with van der Waals surface area (Å²) in [5, 5.41) is 0. The Kier molecular flexibility index (Phi) is 6.14.